The van der Waals surface area contributed by atoms with Crippen molar-refractivity contribution in [3.63, 3.8) is 0 Å². The van der Waals surface area contributed by atoms with E-state index in [9.17, 15) is 4.79 Å². The van der Waals surface area contributed by atoms with Crippen LogP contribution >= 0.6 is 11.6 Å². The SMILES string of the molecule is CC(=O)C(Cl)c1cc(CO)ccc1C#N. The van der Waals surface area contributed by atoms with Crippen molar-refractivity contribution in [3.8, 4) is 6.07 Å². The van der Waals surface area contributed by atoms with Gasteiger partial charge < -0.3 is 5.11 Å². The number of carbonyl (C=O) groups excluding carboxylic acids is 1. The normalized spacial score (nSPS) is 11.9. The Kier molecular flexibility index (Phi) is 3.84. The van der Waals surface area contributed by atoms with Crippen molar-refractivity contribution < 1.29 is 9.90 Å². The summed E-state index contributed by atoms with van der Waals surface area (Å²) in [6.07, 6.45) is 0. The summed E-state index contributed by atoms with van der Waals surface area (Å²) in [5.74, 6) is -0.219. The molecule has 0 aliphatic heterocycles. The molecule has 3 nitrogen and oxygen atoms in total. The van der Waals surface area contributed by atoms with Gasteiger partial charge in [0.1, 0.15) is 5.38 Å². The Bertz CT molecular complexity index is 423. The Hall–Kier alpha value is -1.37. The molecule has 0 saturated carbocycles. The van der Waals surface area contributed by atoms with Crippen molar-refractivity contribution in [2.24, 2.45) is 0 Å². The lowest BCUT2D eigenvalue weighted by molar-refractivity contribution is -0.116. The number of nitrogens with zero attached hydrogens (tertiary/aromatic N) is 1. The van der Waals surface area contributed by atoms with Gasteiger partial charge in [-0.2, -0.15) is 5.26 Å². The van der Waals surface area contributed by atoms with Gasteiger partial charge in [-0.1, -0.05) is 12.1 Å². The Morgan fingerprint density at radius 1 is 1.67 bits per heavy atom. The third-order valence-electron chi connectivity index (χ3n) is 2.05. The second-order valence-corrected chi connectivity index (χ2v) is 3.60. The fraction of sp³-hybridized carbons (Fsp3) is 0.273. The van der Waals surface area contributed by atoms with E-state index in [0.717, 1.165) is 0 Å². The molecule has 1 unspecified atom stereocenters. The number of hydrogen-bond donors (Lipinski definition) is 1. The van der Waals surface area contributed by atoms with Gasteiger partial charge in [0.05, 0.1) is 18.2 Å². The molecular weight excluding hydrogens is 214 g/mol. The molecule has 1 rings (SSSR count). The largest absolute Gasteiger partial charge is 0.392 e. The third kappa shape index (κ3) is 2.56. The van der Waals surface area contributed by atoms with Crippen LogP contribution in [0.15, 0.2) is 18.2 Å². The standard InChI is InChI=1S/C11H10ClNO2/c1-7(15)11(12)10-4-8(6-14)2-3-9(10)5-13/h2-4,11,14H,6H2,1H3. The van der Waals surface area contributed by atoms with Crippen molar-refractivity contribution >= 4 is 17.4 Å². The van der Waals surface area contributed by atoms with E-state index in [1.807, 2.05) is 6.07 Å². The Morgan fingerprint density at radius 2 is 2.33 bits per heavy atom. The first-order valence-corrected chi connectivity index (χ1v) is 4.82. The van der Waals surface area contributed by atoms with Crippen molar-refractivity contribution in [2.45, 2.75) is 18.9 Å². The van der Waals surface area contributed by atoms with Crippen LogP contribution in [0, 0.1) is 11.3 Å². The Balaban J connectivity index is 3.24. The zero-order chi connectivity index (χ0) is 11.4. The number of carbonyl (C=O) groups is 1. The van der Waals surface area contributed by atoms with E-state index in [2.05, 4.69) is 0 Å². The van der Waals surface area contributed by atoms with Crippen LogP contribution in [0.4, 0.5) is 0 Å². The van der Waals surface area contributed by atoms with Crippen molar-refractivity contribution in [2.75, 3.05) is 0 Å². The maximum Gasteiger partial charge on any atom is 0.152 e. The van der Waals surface area contributed by atoms with Crippen molar-refractivity contribution in [1.82, 2.24) is 0 Å². The first-order valence-electron chi connectivity index (χ1n) is 4.38. The monoisotopic (exact) mass is 223 g/mol. The summed E-state index contributed by atoms with van der Waals surface area (Å²) in [5, 5.41) is 16.9. The molecule has 0 bridgehead atoms. The quantitative estimate of drug-likeness (QED) is 0.797. The van der Waals surface area contributed by atoms with Gasteiger partial charge in [0, 0.05) is 0 Å². The van der Waals surface area contributed by atoms with Crippen LogP contribution in [0.5, 0.6) is 0 Å². The maximum absolute atomic E-state index is 11.1. The van der Waals surface area contributed by atoms with Crippen LogP contribution < -0.4 is 0 Å². The predicted octanol–water partition coefficient (Wildman–Crippen LogP) is 1.92. The van der Waals surface area contributed by atoms with Gasteiger partial charge in [-0.15, -0.1) is 11.6 Å². The van der Waals surface area contributed by atoms with Crippen LogP contribution in [0.1, 0.15) is 29.0 Å². The molecule has 0 aromatic heterocycles. The Morgan fingerprint density at radius 3 is 2.80 bits per heavy atom. The van der Waals surface area contributed by atoms with Gasteiger partial charge in [0.15, 0.2) is 5.78 Å². The van der Waals surface area contributed by atoms with E-state index in [-0.39, 0.29) is 12.4 Å². The average molecular weight is 224 g/mol. The minimum Gasteiger partial charge on any atom is -0.392 e. The summed E-state index contributed by atoms with van der Waals surface area (Å²) in [7, 11) is 0. The number of ketones is 1. The van der Waals surface area contributed by atoms with Crippen LogP contribution in [0.25, 0.3) is 0 Å². The summed E-state index contributed by atoms with van der Waals surface area (Å²) < 4.78 is 0. The molecule has 0 heterocycles. The highest BCUT2D eigenvalue weighted by atomic mass is 35.5. The molecule has 1 N–H and O–H groups in total. The summed E-state index contributed by atoms with van der Waals surface area (Å²) >= 11 is 5.87. The number of halogens is 1. The smallest absolute Gasteiger partial charge is 0.152 e. The predicted molar refractivity (Wildman–Crippen MR) is 56.4 cm³/mol. The van der Waals surface area contributed by atoms with Crippen LogP contribution in [0.2, 0.25) is 0 Å². The summed E-state index contributed by atoms with van der Waals surface area (Å²) in [6, 6.07) is 6.73. The number of benzene rings is 1. The van der Waals surface area contributed by atoms with Crippen LogP contribution in [-0.2, 0) is 11.4 Å². The maximum atomic E-state index is 11.1. The van der Waals surface area contributed by atoms with E-state index in [4.69, 9.17) is 22.0 Å². The topological polar surface area (TPSA) is 61.1 Å². The fourth-order valence-corrected chi connectivity index (χ4v) is 1.42. The molecule has 0 saturated heterocycles. The molecule has 78 valence electrons. The lowest BCUT2D eigenvalue weighted by Crippen LogP contribution is -2.04. The highest BCUT2D eigenvalue weighted by Gasteiger charge is 2.17. The molecule has 0 amide bonds. The second kappa shape index (κ2) is 4.92. The molecule has 1 aromatic rings. The highest BCUT2D eigenvalue weighted by Crippen LogP contribution is 2.25. The first kappa shape index (κ1) is 11.7. The third-order valence-corrected chi connectivity index (χ3v) is 2.59. The second-order valence-electron chi connectivity index (χ2n) is 3.16. The minimum atomic E-state index is -0.828. The number of aliphatic hydroxyl groups is 1. The molecule has 0 radical (unpaired) electrons. The number of Topliss-reactive ketones (excluding diaryl/α,β-unsaturated/α-hetero) is 1. The summed E-state index contributed by atoms with van der Waals surface area (Å²) in [5.41, 5.74) is 1.46. The van der Waals surface area contributed by atoms with Gasteiger partial charge in [0.2, 0.25) is 0 Å². The molecule has 1 atom stereocenters. The number of nitriles is 1. The molecule has 0 spiro atoms. The number of aliphatic hydroxyl groups excluding tert-OH is 1. The van der Waals surface area contributed by atoms with E-state index in [1.165, 1.54) is 6.92 Å². The minimum absolute atomic E-state index is 0.139. The Labute approximate surface area is 92.9 Å². The molecule has 4 heteroatoms. The van der Waals surface area contributed by atoms with E-state index in [1.54, 1.807) is 18.2 Å². The van der Waals surface area contributed by atoms with Gasteiger partial charge >= 0.3 is 0 Å². The average Bonchev–Trinajstić information content (AvgIpc) is 2.27. The first-order chi connectivity index (χ1) is 7.10. The zero-order valence-electron chi connectivity index (χ0n) is 8.20. The zero-order valence-corrected chi connectivity index (χ0v) is 8.95. The molecular formula is C11H10ClNO2. The summed E-state index contributed by atoms with van der Waals surface area (Å²) in [6.45, 7) is 1.23. The van der Waals surface area contributed by atoms with E-state index in [0.29, 0.717) is 16.7 Å². The number of hydrogen-bond acceptors (Lipinski definition) is 3. The summed E-state index contributed by atoms with van der Waals surface area (Å²) in [4.78, 5) is 11.1. The molecule has 0 fully saturated rings. The van der Waals surface area contributed by atoms with Gasteiger partial charge in [0.25, 0.3) is 0 Å². The number of rotatable bonds is 3. The molecule has 0 aliphatic carbocycles. The van der Waals surface area contributed by atoms with Crippen LogP contribution in [0.3, 0.4) is 0 Å². The van der Waals surface area contributed by atoms with Gasteiger partial charge in [-0.25, -0.2) is 0 Å². The fourth-order valence-electron chi connectivity index (χ4n) is 1.24. The lowest BCUT2D eigenvalue weighted by atomic mass is 10.0. The van der Waals surface area contributed by atoms with E-state index >= 15 is 0 Å². The van der Waals surface area contributed by atoms with Crippen molar-refractivity contribution in [3.05, 3.63) is 34.9 Å². The molecule has 0 aliphatic rings. The molecule has 15 heavy (non-hydrogen) atoms. The lowest BCUT2D eigenvalue weighted by Gasteiger charge is -2.09. The highest BCUT2D eigenvalue weighted by molar-refractivity contribution is 6.31. The number of alkyl halides is 1. The van der Waals surface area contributed by atoms with E-state index < -0.39 is 5.38 Å². The van der Waals surface area contributed by atoms with Gasteiger partial charge in [-0.3, -0.25) is 4.79 Å². The van der Waals surface area contributed by atoms with Crippen LogP contribution in [-0.4, -0.2) is 10.9 Å². The van der Waals surface area contributed by atoms with Crippen molar-refractivity contribution in [1.29, 1.82) is 5.26 Å². The molecule has 1 aromatic carbocycles. The van der Waals surface area contributed by atoms with Gasteiger partial charge in [-0.05, 0) is 24.1 Å².